The zero-order chi connectivity index (χ0) is 13.3. The lowest BCUT2D eigenvalue weighted by Gasteiger charge is -2.13. The monoisotopic (exact) mass is 346 g/mol. The van der Waals surface area contributed by atoms with Crippen LogP contribution in [-0.4, -0.2) is 0 Å². The van der Waals surface area contributed by atoms with Gasteiger partial charge in [0.05, 0.1) is 9.85 Å². The predicted octanol–water partition coefficient (Wildman–Crippen LogP) is 5.88. The van der Waals surface area contributed by atoms with E-state index in [0.29, 0.717) is 9.50 Å². The largest absolute Gasteiger partial charge is 0.206 e. The van der Waals surface area contributed by atoms with Crippen LogP contribution >= 0.6 is 39.1 Å². The average Bonchev–Trinajstić information content (AvgIpc) is 2.32. The molecule has 94 valence electrons. The van der Waals surface area contributed by atoms with Gasteiger partial charge in [-0.05, 0) is 57.7 Å². The molecule has 1 atom stereocenters. The molecule has 0 amide bonds. The first-order valence-electron chi connectivity index (χ1n) is 5.34. The summed E-state index contributed by atoms with van der Waals surface area (Å²) in [5, 5.41) is 0.227. The van der Waals surface area contributed by atoms with Crippen LogP contribution in [-0.2, 0) is 0 Å². The molecule has 0 heterocycles. The van der Waals surface area contributed by atoms with Crippen LogP contribution in [0.3, 0.4) is 0 Å². The molecule has 18 heavy (non-hydrogen) atoms. The number of alkyl halides is 1. The molecule has 0 aliphatic carbocycles. The van der Waals surface area contributed by atoms with Crippen LogP contribution in [0.15, 0.2) is 40.9 Å². The molecule has 0 aliphatic heterocycles. The van der Waals surface area contributed by atoms with Gasteiger partial charge in [0.15, 0.2) is 0 Å². The summed E-state index contributed by atoms with van der Waals surface area (Å²) in [7, 11) is 0. The zero-order valence-electron chi connectivity index (χ0n) is 9.55. The fourth-order valence-corrected chi connectivity index (χ4v) is 2.81. The first-order valence-corrected chi connectivity index (χ1v) is 6.95. The van der Waals surface area contributed by atoms with Crippen LogP contribution in [0.25, 0.3) is 0 Å². The summed E-state index contributed by atoms with van der Waals surface area (Å²) in [6.07, 6.45) is 0. The normalized spacial score (nSPS) is 12.5. The van der Waals surface area contributed by atoms with Crippen LogP contribution in [0.5, 0.6) is 0 Å². The van der Waals surface area contributed by atoms with E-state index in [0.717, 1.165) is 16.7 Å². The Morgan fingerprint density at radius 3 is 2.50 bits per heavy atom. The molecule has 2 rings (SSSR count). The molecule has 0 aliphatic rings. The standard InChI is InChI=1S/C14H10BrCl2F/c1-8-2-4-10(12(16)6-8)14(17)9-3-5-13(18)11(15)7-9/h2-7,14H,1H3. The Balaban J connectivity index is 2.41. The van der Waals surface area contributed by atoms with E-state index in [9.17, 15) is 4.39 Å². The van der Waals surface area contributed by atoms with E-state index in [4.69, 9.17) is 23.2 Å². The molecule has 0 fully saturated rings. The second-order valence-corrected chi connectivity index (χ2v) is 5.76. The SMILES string of the molecule is Cc1ccc(C(Cl)c2ccc(F)c(Br)c2)c(Cl)c1. The summed E-state index contributed by atoms with van der Waals surface area (Å²) in [5.74, 6) is -0.308. The third-order valence-corrected chi connectivity index (χ3v) is 4.09. The van der Waals surface area contributed by atoms with Crippen molar-refractivity contribution in [2.45, 2.75) is 12.3 Å². The maximum absolute atomic E-state index is 13.2. The van der Waals surface area contributed by atoms with E-state index < -0.39 is 5.38 Å². The quantitative estimate of drug-likeness (QED) is 0.595. The summed E-state index contributed by atoms with van der Waals surface area (Å²) < 4.78 is 13.6. The van der Waals surface area contributed by atoms with E-state index in [2.05, 4.69) is 15.9 Å². The zero-order valence-corrected chi connectivity index (χ0v) is 12.7. The Morgan fingerprint density at radius 2 is 1.89 bits per heavy atom. The van der Waals surface area contributed by atoms with Crippen molar-refractivity contribution in [1.82, 2.24) is 0 Å². The third kappa shape index (κ3) is 2.87. The Hall–Kier alpha value is -0.570. The number of halogens is 4. The van der Waals surface area contributed by atoms with Crippen LogP contribution in [0.4, 0.5) is 4.39 Å². The third-order valence-electron chi connectivity index (χ3n) is 2.67. The van der Waals surface area contributed by atoms with E-state index in [1.807, 2.05) is 25.1 Å². The minimum atomic E-state index is -0.394. The van der Waals surface area contributed by atoms with E-state index in [-0.39, 0.29) is 5.82 Å². The summed E-state index contributed by atoms with van der Waals surface area (Å²) in [6.45, 7) is 1.97. The van der Waals surface area contributed by atoms with Gasteiger partial charge < -0.3 is 0 Å². The number of rotatable bonds is 2. The molecular formula is C14H10BrCl2F. The molecule has 0 N–H and O–H groups in total. The second kappa shape index (κ2) is 5.60. The first-order chi connectivity index (χ1) is 8.49. The van der Waals surface area contributed by atoms with Gasteiger partial charge in [-0.2, -0.15) is 0 Å². The van der Waals surface area contributed by atoms with Crippen LogP contribution in [0, 0.1) is 12.7 Å². The molecule has 2 aromatic carbocycles. The number of hydrogen-bond donors (Lipinski definition) is 0. The fourth-order valence-electron chi connectivity index (χ4n) is 1.69. The molecule has 0 saturated carbocycles. The van der Waals surface area contributed by atoms with Gasteiger partial charge in [-0.1, -0.05) is 29.8 Å². The molecule has 0 radical (unpaired) electrons. The molecule has 1 unspecified atom stereocenters. The highest BCUT2D eigenvalue weighted by Crippen LogP contribution is 2.35. The lowest BCUT2D eigenvalue weighted by atomic mass is 10.0. The first kappa shape index (κ1) is 13.9. The van der Waals surface area contributed by atoms with E-state index in [1.54, 1.807) is 12.1 Å². The Labute approximate surface area is 124 Å². The number of benzene rings is 2. The van der Waals surface area contributed by atoms with Gasteiger partial charge in [0.1, 0.15) is 5.82 Å². The minimum absolute atomic E-state index is 0.308. The predicted molar refractivity (Wildman–Crippen MR) is 78.0 cm³/mol. The van der Waals surface area contributed by atoms with Crippen molar-refractivity contribution in [1.29, 1.82) is 0 Å². The van der Waals surface area contributed by atoms with Crippen molar-refractivity contribution < 1.29 is 4.39 Å². The molecular weight excluding hydrogens is 338 g/mol. The second-order valence-electron chi connectivity index (χ2n) is 4.06. The lowest BCUT2D eigenvalue weighted by Crippen LogP contribution is -1.95. The highest BCUT2D eigenvalue weighted by Gasteiger charge is 2.15. The minimum Gasteiger partial charge on any atom is -0.206 e. The van der Waals surface area contributed by atoms with Gasteiger partial charge >= 0.3 is 0 Å². The van der Waals surface area contributed by atoms with Crippen LogP contribution in [0.1, 0.15) is 22.1 Å². The maximum atomic E-state index is 13.2. The number of aryl methyl sites for hydroxylation is 1. The van der Waals surface area contributed by atoms with Crippen molar-refractivity contribution in [3.8, 4) is 0 Å². The summed E-state index contributed by atoms with van der Waals surface area (Å²) in [5.41, 5.74) is 2.70. The van der Waals surface area contributed by atoms with Crippen molar-refractivity contribution >= 4 is 39.1 Å². The summed E-state index contributed by atoms with van der Waals surface area (Å²) in [6, 6.07) is 10.4. The fraction of sp³-hybridized carbons (Fsp3) is 0.143. The van der Waals surface area contributed by atoms with Crippen molar-refractivity contribution in [3.63, 3.8) is 0 Å². The molecule has 0 nitrogen and oxygen atoms in total. The van der Waals surface area contributed by atoms with Gasteiger partial charge in [-0.15, -0.1) is 11.6 Å². The van der Waals surface area contributed by atoms with Crippen molar-refractivity contribution in [2.75, 3.05) is 0 Å². The Morgan fingerprint density at radius 1 is 1.17 bits per heavy atom. The van der Waals surface area contributed by atoms with Crippen LogP contribution in [0.2, 0.25) is 5.02 Å². The van der Waals surface area contributed by atoms with Gasteiger partial charge in [-0.25, -0.2) is 4.39 Å². The van der Waals surface area contributed by atoms with E-state index >= 15 is 0 Å². The maximum Gasteiger partial charge on any atom is 0.137 e. The van der Waals surface area contributed by atoms with Gasteiger partial charge in [-0.3, -0.25) is 0 Å². The van der Waals surface area contributed by atoms with Crippen molar-refractivity contribution in [3.05, 3.63) is 68.4 Å². The Bertz CT molecular complexity index is 584. The molecule has 4 heteroatoms. The van der Waals surface area contributed by atoms with E-state index in [1.165, 1.54) is 6.07 Å². The average molecular weight is 348 g/mol. The number of hydrogen-bond acceptors (Lipinski definition) is 0. The van der Waals surface area contributed by atoms with Crippen LogP contribution < -0.4 is 0 Å². The van der Waals surface area contributed by atoms with Gasteiger partial charge in [0.25, 0.3) is 0 Å². The molecule has 0 bridgehead atoms. The topological polar surface area (TPSA) is 0 Å². The smallest absolute Gasteiger partial charge is 0.137 e. The summed E-state index contributed by atoms with van der Waals surface area (Å²) in [4.78, 5) is 0. The molecule has 0 saturated heterocycles. The highest BCUT2D eigenvalue weighted by molar-refractivity contribution is 9.10. The highest BCUT2D eigenvalue weighted by atomic mass is 79.9. The molecule has 2 aromatic rings. The lowest BCUT2D eigenvalue weighted by molar-refractivity contribution is 0.620. The van der Waals surface area contributed by atoms with Gasteiger partial charge in [0, 0.05) is 5.02 Å². The molecule has 0 aromatic heterocycles. The van der Waals surface area contributed by atoms with Crippen molar-refractivity contribution in [2.24, 2.45) is 0 Å². The van der Waals surface area contributed by atoms with Gasteiger partial charge in [0.2, 0.25) is 0 Å². The Kier molecular flexibility index (Phi) is 4.31. The summed E-state index contributed by atoms with van der Waals surface area (Å²) >= 11 is 15.7. The molecule has 0 spiro atoms.